The molecular formula is C12H22N2O3. The fourth-order valence-electron chi connectivity index (χ4n) is 2.07. The molecule has 2 unspecified atom stereocenters. The van der Waals surface area contributed by atoms with Gasteiger partial charge in [-0.1, -0.05) is 6.92 Å². The maximum atomic E-state index is 12.0. The number of nitrogens with one attached hydrogen (secondary N) is 2. The first kappa shape index (κ1) is 14.0. The molecule has 1 aliphatic heterocycles. The number of aliphatic carboxylic acids is 1. The molecule has 0 spiro atoms. The molecule has 2 atom stereocenters. The fraction of sp³-hybridized carbons (Fsp3) is 0.833. The molecule has 0 bridgehead atoms. The number of carboxylic acid groups (broad SMARTS) is 1. The second-order valence-corrected chi connectivity index (χ2v) is 5.51. The molecule has 1 aliphatic rings. The number of hydrogen-bond donors (Lipinski definition) is 3. The summed E-state index contributed by atoms with van der Waals surface area (Å²) in [6.07, 6.45) is 0.522. The van der Waals surface area contributed by atoms with Gasteiger partial charge in [0.25, 0.3) is 0 Å². The summed E-state index contributed by atoms with van der Waals surface area (Å²) < 4.78 is 0. The molecule has 0 aliphatic carbocycles. The highest BCUT2D eigenvalue weighted by molar-refractivity contribution is 5.80. The first-order chi connectivity index (χ1) is 7.82. The molecule has 1 saturated heterocycles. The quantitative estimate of drug-likeness (QED) is 0.659. The van der Waals surface area contributed by atoms with Gasteiger partial charge in [-0.15, -0.1) is 0 Å². The van der Waals surface area contributed by atoms with Gasteiger partial charge in [0.1, 0.15) is 0 Å². The Kier molecular flexibility index (Phi) is 4.51. The minimum Gasteiger partial charge on any atom is -0.481 e. The molecule has 0 aromatic carbocycles. The highest BCUT2D eigenvalue weighted by Gasteiger charge is 2.32. The Balaban J connectivity index is 2.46. The van der Waals surface area contributed by atoms with Gasteiger partial charge >= 0.3 is 5.97 Å². The highest BCUT2D eigenvalue weighted by atomic mass is 16.4. The standard InChI is InChI=1S/C12H22N2O3/c1-8-6-13-7-9(8)11(17)14-12(2,3)5-4-10(15)16/h8-9,13H,4-7H2,1-3H3,(H,14,17)(H,15,16). The first-order valence-corrected chi connectivity index (χ1v) is 6.06. The number of rotatable bonds is 5. The molecule has 98 valence electrons. The van der Waals surface area contributed by atoms with Crippen molar-refractivity contribution in [2.75, 3.05) is 13.1 Å². The average molecular weight is 242 g/mol. The number of amides is 1. The summed E-state index contributed by atoms with van der Waals surface area (Å²) >= 11 is 0. The molecule has 0 saturated carbocycles. The Morgan fingerprint density at radius 2 is 2.06 bits per heavy atom. The Bertz CT molecular complexity index is 302. The average Bonchev–Trinajstić information content (AvgIpc) is 2.61. The van der Waals surface area contributed by atoms with Crippen LogP contribution >= 0.6 is 0 Å². The number of carbonyl (C=O) groups is 2. The van der Waals surface area contributed by atoms with Gasteiger partial charge in [-0.05, 0) is 32.7 Å². The summed E-state index contributed by atoms with van der Waals surface area (Å²) in [5.74, 6) is -0.467. The third-order valence-electron chi connectivity index (χ3n) is 3.28. The van der Waals surface area contributed by atoms with Crippen LogP contribution in [-0.2, 0) is 9.59 Å². The molecule has 3 N–H and O–H groups in total. The van der Waals surface area contributed by atoms with Gasteiger partial charge in [0.05, 0.1) is 5.92 Å². The molecule has 1 fully saturated rings. The monoisotopic (exact) mass is 242 g/mol. The number of carboxylic acids is 1. The van der Waals surface area contributed by atoms with Crippen LogP contribution < -0.4 is 10.6 Å². The summed E-state index contributed by atoms with van der Waals surface area (Å²) in [4.78, 5) is 22.5. The first-order valence-electron chi connectivity index (χ1n) is 6.06. The van der Waals surface area contributed by atoms with E-state index in [1.165, 1.54) is 0 Å². The van der Waals surface area contributed by atoms with Crippen LogP contribution in [0.15, 0.2) is 0 Å². The molecular weight excluding hydrogens is 220 g/mol. The Labute approximate surface area is 102 Å². The molecule has 1 amide bonds. The van der Waals surface area contributed by atoms with Gasteiger partial charge in [-0.2, -0.15) is 0 Å². The van der Waals surface area contributed by atoms with E-state index in [2.05, 4.69) is 17.6 Å². The zero-order valence-corrected chi connectivity index (χ0v) is 10.7. The van der Waals surface area contributed by atoms with E-state index in [-0.39, 0.29) is 18.2 Å². The van der Waals surface area contributed by atoms with Crippen molar-refractivity contribution >= 4 is 11.9 Å². The largest absolute Gasteiger partial charge is 0.481 e. The number of hydrogen-bond acceptors (Lipinski definition) is 3. The van der Waals surface area contributed by atoms with E-state index in [1.807, 2.05) is 13.8 Å². The predicted octanol–water partition coefficient (Wildman–Crippen LogP) is 0.601. The van der Waals surface area contributed by atoms with Crippen LogP contribution in [0.25, 0.3) is 0 Å². The van der Waals surface area contributed by atoms with Gasteiger partial charge in [-0.25, -0.2) is 0 Å². The Morgan fingerprint density at radius 1 is 1.41 bits per heavy atom. The molecule has 17 heavy (non-hydrogen) atoms. The molecule has 5 heteroatoms. The van der Waals surface area contributed by atoms with Gasteiger partial charge in [0, 0.05) is 18.5 Å². The van der Waals surface area contributed by atoms with Crippen molar-refractivity contribution in [3.63, 3.8) is 0 Å². The highest BCUT2D eigenvalue weighted by Crippen LogP contribution is 2.18. The summed E-state index contributed by atoms with van der Waals surface area (Å²) in [5, 5.41) is 14.8. The minimum atomic E-state index is -0.830. The zero-order chi connectivity index (χ0) is 13.1. The van der Waals surface area contributed by atoms with E-state index in [0.29, 0.717) is 18.9 Å². The van der Waals surface area contributed by atoms with Crippen LogP contribution in [0.1, 0.15) is 33.6 Å². The van der Waals surface area contributed by atoms with Crippen molar-refractivity contribution < 1.29 is 14.7 Å². The van der Waals surface area contributed by atoms with Crippen LogP contribution in [-0.4, -0.2) is 35.6 Å². The van der Waals surface area contributed by atoms with Crippen LogP contribution in [0.4, 0.5) is 0 Å². The second-order valence-electron chi connectivity index (χ2n) is 5.51. The van der Waals surface area contributed by atoms with E-state index >= 15 is 0 Å². The third kappa shape index (κ3) is 4.34. The summed E-state index contributed by atoms with van der Waals surface area (Å²) in [6, 6.07) is 0. The lowest BCUT2D eigenvalue weighted by Gasteiger charge is -2.28. The van der Waals surface area contributed by atoms with Crippen molar-refractivity contribution in [1.29, 1.82) is 0 Å². The lowest BCUT2D eigenvalue weighted by atomic mass is 9.93. The van der Waals surface area contributed by atoms with Gasteiger partial charge < -0.3 is 15.7 Å². The lowest BCUT2D eigenvalue weighted by Crippen LogP contribution is -2.47. The van der Waals surface area contributed by atoms with Gasteiger partial charge in [0.15, 0.2) is 0 Å². The van der Waals surface area contributed by atoms with Crippen LogP contribution in [0.3, 0.4) is 0 Å². The fourth-order valence-corrected chi connectivity index (χ4v) is 2.07. The third-order valence-corrected chi connectivity index (χ3v) is 3.28. The molecule has 1 heterocycles. The summed E-state index contributed by atoms with van der Waals surface area (Å²) in [5.41, 5.74) is -0.461. The van der Waals surface area contributed by atoms with E-state index in [0.717, 1.165) is 6.54 Å². The van der Waals surface area contributed by atoms with Gasteiger partial charge in [-0.3, -0.25) is 9.59 Å². The second kappa shape index (κ2) is 5.49. The van der Waals surface area contributed by atoms with E-state index in [1.54, 1.807) is 0 Å². The van der Waals surface area contributed by atoms with Gasteiger partial charge in [0.2, 0.25) is 5.91 Å². The van der Waals surface area contributed by atoms with Crippen LogP contribution in [0, 0.1) is 11.8 Å². The number of carbonyl (C=O) groups excluding carboxylic acids is 1. The Hall–Kier alpha value is -1.10. The summed E-state index contributed by atoms with van der Waals surface area (Å²) in [6.45, 7) is 7.35. The van der Waals surface area contributed by atoms with E-state index in [9.17, 15) is 9.59 Å². The van der Waals surface area contributed by atoms with Crippen molar-refractivity contribution in [2.45, 2.75) is 39.2 Å². The SMILES string of the molecule is CC1CNCC1C(=O)NC(C)(C)CCC(=O)O. The van der Waals surface area contributed by atoms with Crippen molar-refractivity contribution in [2.24, 2.45) is 11.8 Å². The normalized spacial score (nSPS) is 24.6. The van der Waals surface area contributed by atoms with Crippen molar-refractivity contribution in [1.82, 2.24) is 10.6 Å². The maximum absolute atomic E-state index is 12.0. The predicted molar refractivity (Wildman–Crippen MR) is 64.6 cm³/mol. The zero-order valence-electron chi connectivity index (χ0n) is 10.7. The lowest BCUT2D eigenvalue weighted by molar-refractivity contribution is -0.138. The molecule has 0 radical (unpaired) electrons. The van der Waals surface area contributed by atoms with Crippen LogP contribution in [0.2, 0.25) is 0 Å². The molecule has 1 rings (SSSR count). The van der Waals surface area contributed by atoms with Crippen LogP contribution in [0.5, 0.6) is 0 Å². The Morgan fingerprint density at radius 3 is 2.53 bits per heavy atom. The smallest absolute Gasteiger partial charge is 0.303 e. The maximum Gasteiger partial charge on any atom is 0.303 e. The van der Waals surface area contributed by atoms with Crippen molar-refractivity contribution in [3.8, 4) is 0 Å². The van der Waals surface area contributed by atoms with E-state index in [4.69, 9.17) is 5.11 Å². The van der Waals surface area contributed by atoms with E-state index < -0.39 is 11.5 Å². The minimum absolute atomic E-state index is 0.000830. The molecule has 0 aromatic rings. The summed E-state index contributed by atoms with van der Waals surface area (Å²) in [7, 11) is 0. The topological polar surface area (TPSA) is 78.4 Å². The molecule has 5 nitrogen and oxygen atoms in total. The molecule has 0 aromatic heterocycles. The van der Waals surface area contributed by atoms with Crippen molar-refractivity contribution in [3.05, 3.63) is 0 Å².